The van der Waals surface area contributed by atoms with Gasteiger partial charge in [0.1, 0.15) is 5.75 Å². The third-order valence-electron chi connectivity index (χ3n) is 4.82. The lowest BCUT2D eigenvalue weighted by Crippen LogP contribution is -2.44. The van der Waals surface area contributed by atoms with E-state index in [2.05, 4.69) is 34.1 Å². The summed E-state index contributed by atoms with van der Waals surface area (Å²) < 4.78 is 11.0. The zero-order valence-electron chi connectivity index (χ0n) is 14.5. The summed E-state index contributed by atoms with van der Waals surface area (Å²) >= 11 is 0. The molecule has 128 valence electrons. The van der Waals surface area contributed by atoms with Gasteiger partial charge in [-0.2, -0.15) is 0 Å². The first kappa shape index (κ1) is 16.9. The maximum Gasteiger partial charge on any atom is 0.118 e. The van der Waals surface area contributed by atoms with Crippen LogP contribution in [0.2, 0.25) is 0 Å². The molecule has 0 unspecified atom stereocenters. The topological polar surface area (TPSA) is 34.6 Å². The second-order valence-electron chi connectivity index (χ2n) is 6.43. The molecule has 1 aliphatic heterocycles. The van der Waals surface area contributed by atoms with Crippen LogP contribution in [0.1, 0.15) is 17.7 Å². The largest absolute Gasteiger partial charge is 0.497 e. The van der Waals surface area contributed by atoms with E-state index < -0.39 is 0 Å². The van der Waals surface area contributed by atoms with Crippen molar-refractivity contribution in [1.82, 2.24) is 9.88 Å². The zero-order chi connectivity index (χ0) is 16.8. The summed E-state index contributed by atoms with van der Waals surface area (Å²) in [6, 6.07) is 14.5. The summed E-state index contributed by atoms with van der Waals surface area (Å²) in [4.78, 5) is 6.95. The number of pyridine rings is 1. The fraction of sp³-hybridized carbons (Fsp3) is 0.450. The van der Waals surface area contributed by atoms with E-state index in [9.17, 15) is 0 Å². The van der Waals surface area contributed by atoms with E-state index in [0.29, 0.717) is 12.0 Å². The van der Waals surface area contributed by atoms with Gasteiger partial charge in [-0.3, -0.25) is 9.88 Å². The normalized spacial score (nSPS) is 21.6. The van der Waals surface area contributed by atoms with Crippen LogP contribution in [0.25, 0.3) is 0 Å². The van der Waals surface area contributed by atoms with Gasteiger partial charge in [-0.05, 0) is 42.7 Å². The first-order chi connectivity index (χ1) is 11.8. The van der Waals surface area contributed by atoms with Crippen LogP contribution in [0.5, 0.6) is 5.75 Å². The molecule has 0 amide bonds. The van der Waals surface area contributed by atoms with Gasteiger partial charge in [0.25, 0.3) is 0 Å². The molecule has 24 heavy (non-hydrogen) atoms. The van der Waals surface area contributed by atoms with E-state index in [-0.39, 0.29) is 0 Å². The number of likely N-dealkylation sites (tertiary alicyclic amines) is 1. The Kier molecular flexibility index (Phi) is 5.83. The Morgan fingerprint density at radius 3 is 2.62 bits per heavy atom. The SMILES string of the molecule is COc1ccc(C[C@@H]2CN(Cc3ccccn3)CC[C@@H]2OC)cc1. The lowest BCUT2D eigenvalue weighted by molar-refractivity contribution is -0.00878. The second kappa shape index (κ2) is 8.27. The van der Waals surface area contributed by atoms with Crippen molar-refractivity contribution in [1.29, 1.82) is 0 Å². The van der Waals surface area contributed by atoms with Gasteiger partial charge in [0.2, 0.25) is 0 Å². The Bertz CT molecular complexity index is 615. The first-order valence-electron chi connectivity index (χ1n) is 8.56. The van der Waals surface area contributed by atoms with E-state index in [1.54, 1.807) is 7.11 Å². The Morgan fingerprint density at radius 2 is 1.96 bits per heavy atom. The zero-order valence-corrected chi connectivity index (χ0v) is 14.5. The Morgan fingerprint density at radius 1 is 1.12 bits per heavy atom. The molecule has 2 atom stereocenters. The Balaban J connectivity index is 1.64. The molecule has 0 bridgehead atoms. The van der Waals surface area contributed by atoms with Crippen molar-refractivity contribution in [2.24, 2.45) is 5.92 Å². The second-order valence-corrected chi connectivity index (χ2v) is 6.43. The highest BCUT2D eigenvalue weighted by Crippen LogP contribution is 2.25. The van der Waals surface area contributed by atoms with Crippen molar-refractivity contribution in [3.8, 4) is 5.75 Å². The van der Waals surface area contributed by atoms with Crippen LogP contribution in [-0.2, 0) is 17.7 Å². The maximum atomic E-state index is 5.75. The Labute approximate surface area is 144 Å². The number of hydrogen-bond acceptors (Lipinski definition) is 4. The molecule has 1 fully saturated rings. The molecule has 0 spiro atoms. The van der Waals surface area contributed by atoms with Gasteiger partial charge in [-0.15, -0.1) is 0 Å². The summed E-state index contributed by atoms with van der Waals surface area (Å²) in [6.07, 6.45) is 4.30. The minimum absolute atomic E-state index is 0.326. The molecule has 4 heteroatoms. The van der Waals surface area contributed by atoms with Crippen LogP contribution >= 0.6 is 0 Å². The fourth-order valence-electron chi connectivity index (χ4n) is 3.52. The molecule has 1 aliphatic rings. The van der Waals surface area contributed by atoms with Crippen molar-refractivity contribution < 1.29 is 9.47 Å². The molecule has 1 saturated heterocycles. The predicted octanol–water partition coefficient (Wildman–Crippen LogP) is 3.17. The number of hydrogen-bond donors (Lipinski definition) is 0. The van der Waals surface area contributed by atoms with Gasteiger partial charge in [-0.1, -0.05) is 18.2 Å². The highest BCUT2D eigenvalue weighted by molar-refractivity contribution is 5.27. The van der Waals surface area contributed by atoms with Crippen LogP contribution in [0, 0.1) is 5.92 Å². The average molecular weight is 326 g/mol. The van der Waals surface area contributed by atoms with Gasteiger partial charge in [0.05, 0.1) is 18.9 Å². The van der Waals surface area contributed by atoms with Gasteiger partial charge in [0.15, 0.2) is 0 Å². The van der Waals surface area contributed by atoms with Crippen LogP contribution in [0.3, 0.4) is 0 Å². The first-order valence-corrected chi connectivity index (χ1v) is 8.56. The molecule has 1 aromatic carbocycles. The molecule has 2 heterocycles. The minimum atomic E-state index is 0.326. The van der Waals surface area contributed by atoms with E-state index in [1.165, 1.54) is 5.56 Å². The van der Waals surface area contributed by atoms with Crippen LogP contribution < -0.4 is 4.74 Å². The fourth-order valence-corrected chi connectivity index (χ4v) is 3.52. The van der Waals surface area contributed by atoms with Crippen molar-refractivity contribution >= 4 is 0 Å². The molecule has 1 aromatic heterocycles. The van der Waals surface area contributed by atoms with E-state index in [1.807, 2.05) is 31.5 Å². The molecule has 3 rings (SSSR count). The van der Waals surface area contributed by atoms with Crippen LogP contribution in [-0.4, -0.2) is 43.3 Å². The third kappa shape index (κ3) is 4.34. The van der Waals surface area contributed by atoms with E-state index in [0.717, 1.165) is 43.9 Å². The summed E-state index contributed by atoms with van der Waals surface area (Å²) in [7, 11) is 3.53. The maximum absolute atomic E-state index is 5.75. The minimum Gasteiger partial charge on any atom is -0.497 e. The molecular weight excluding hydrogens is 300 g/mol. The average Bonchev–Trinajstić information content (AvgIpc) is 2.63. The molecule has 0 saturated carbocycles. The number of benzene rings is 1. The summed E-state index contributed by atoms with van der Waals surface area (Å²) in [6.45, 7) is 3.02. The molecule has 0 N–H and O–H groups in total. The molecule has 4 nitrogen and oxygen atoms in total. The Hall–Kier alpha value is -1.91. The predicted molar refractivity (Wildman–Crippen MR) is 95.1 cm³/mol. The van der Waals surface area contributed by atoms with Crippen LogP contribution in [0.4, 0.5) is 0 Å². The molecule has 0 aliphatic carbocycles. The van der Waals surface area contributed by atoms with Gasteiger partial charge >= 0.3 is 0 Å². The van der Waals surface area contributed by atoms with Crippen LogP contribution in [0.15, 0.2) is 48.7 Å². The number of nitrogens with zero attached hydrogens (tertiary/aromatic N) is 2. The van der Waals surface area contributed by atoms with Crippen molar-refractivity contribution in [2.75, 3.05) is 27.3 Å². The highest BCUT2D eigenvalue weighted by Gasteiger charge is 2.29. The lowest BCUT2D eigenvalue weighted by Gasteiger charge is -2.38. The molecule has 0 radical (unpaired) electrons. The van der Waals surface area contributed by atoms with Crippen molar-refractivity contribution in [3.63, 3.8) is 0 Å². The molecule has 2 aromatic rings. The quantitative estimate of drug-likeness (QED) is 0.817. The van der Waals surface area contributed by atoms with Gasteiger partial charge in [-0.25, -0.2) is 0 Å². The number of piperidine rings is 1. The smallest absolute Gasteiger partial charge is 0.118 e. The summed E-state index contributed by atoms with van der Waals surface area (Å²) in [5.41, 5.74) is 2.47. The standard InChI is InChI=1S/C20H26N2O2/c1-23-19-8-6-16(7-9-19)13-17-14-22(12-10-20(17)24-2)15-18-5-3-4-11-21-18/h3-9,11,17,20H,10,12-15H2,1-2H3/t17-,20+/m1/s1. The summed E-state index contributed by atoms with van der Waals surface area (Å²) in [5.74, 6) is 1.41. The van der Waals surface area contributed by atoms with E-state index >= 15 is 0 Å². The van der Waals surface area contributed by atoms with E-state index in [4.69, 9.17) is 9.47 Å². The molecular formula is C20H26N2O2. The number of ether oxygens (including phenoxy) is 2. The lowest BCUT2D eigenvalue weighted by atomic mass is 9.88. The highest BCUT2D eigenvalue weighted by atomic mass is 16.5. The number of methoxy groups -OCH3 is 2. The number of rotatable bonds is 6. The third-order valence-corrected chi connectivity index (χ3v) is 4.82. The van der Waals surface area contributed by atoms with Gasteiger partial charge in [0, 0.05) is 38.9 Å². The van der Waals surface area contributed by atoms with Crippen molar-refractivity contribution in [3.05, 3.63) is 59.9 Å². The van der Waals surface area contributed by atoms with Crippen molar-refractivity contribution in [2.45, 2.75) is 25.5 Å². The summed E-state index contributed by atoms with van der Waals surface area (Å²) in [5, 5.41) is 0. The monoisotopic (exact) mass is 326 g/mol. The van der Waals surface area contributed by atoms with Gasteiger partial charge < -0.3 is 9.47 Å². The number of aromatic nitrogens is 1.